The number of nitrogens with zero attached hydrogens (tertiary/aromatic N) is 4. The van der Waals surface area contributed by atoms with Crippen molar-refractivity contribution in [2.24, 2.45) is 0 Å². The lowest BCUT2D eigenvalue weighted by Crippen LogP contribution is -2.45. The number of nitrogens with one attached hydrogen (secondary N) is 1. The van der Waals surface area contributed by atoms with E-state index in [2.05, 4.69) is 45.7 Å². The van der Waals surface area contributed by atoms with E-state index >= 15 is 0 Å². The fourth-order valence-corrected chi connectivity index (χ4v) is 4.87. The van der Waals surface area contributed by atoms with Gasteiger partial charge in [-0.1, -0.05) is 66.7 Å². The smallest absolute Gasteiger partial charge is 0.225 e. The second-order valence-corrected chi connectivity index (χ2v) is 9.47. The van der Waals surface area contributed by atoms with Crippen LogP contribution in [0, 0.1) is 13.8 Å². The van der Waals surface area contributed by atoms with Gasteiger partial charge in [-0.25, -0.2) is 9.67 Å². The van der Waals surface area contributed by atoms with E-state index in [1.54, 1.807) is 0 Å². The summed E-state index contributed by atoms with van der Waals surface area (Å²) in [6, 6.07) is 26.5. The molecule has 1 aliphatic rings. The Morgan fingerprint density at radius 3 is 2.49 bits per heavy atom. The molecule has 4 aromatic rings. The van der Waals surface area contributed by atoms with Crippen molar-refractivity contribution < 1.29 is 9.53 Å². The molecule has 7 nitrogen and oxygen atoms in total. The van der Waals surface area contributed by atoms with Gasteiger partial charge in [-0.15, -0.1) is 0 Å². The largest absolute Gasteiger partial charge is 0.491 e. The summed E-state index contributed by atoms with van der Waals surface area (Å²) in [5.74, 6) is 2.44. The number of rotatable bonds is 5. The molecular weight excluding hydrogens is 462 g/mol. The van der Waals surface area contributed by atoms with Gasteiger partial charge >= 0.3 is 0 Å². The predicted octanol–water partition coefficient (Wildman–Crippen LogP) is 4.93. The highest BCUT2D eigenvalue weighted by Gasteiger charge is 2.27. The maximum atomic E-state index is 13.9. The van der Waals surface area contributed by atoms with Gasteiger partial charge in [0.1, 0.15) is 24.0 Å². The van der Waals surface area contributed by atoms with Crippen LogP contribution in [0.2, 0.25) is 0 Å². The molecule has 0 aliphatic carbocycles. The summed E-state index contributed by atoms with van der Waals surface area (Å²) in [5, 5.41) is 8.02. The molecule has 3 aromatic carbocycles. The van der Waals surface area contributed by atoms with Crippen LogP contribution < -0.4 is 10.1 Å². The summed E-state index contributed by atoms with van der Waals surface area (Å²) < 4.78 is 8.22. The van der Waals surface area contributed by atoms with Crippen LogP contribution in [-0.2, 0) is 30.8 Å². The first-order valence-corrected chi connectivity index (χ1v) is 12.8. The lowest BCUT2D eigenvalue weighted by atomic mass is 10.0. The standard InChI is InChI=1S/C30H33N5O2/c1-22-32-23(2)35(33-22)17-16-30(36)34-20-26-13-6-8-14-28(26)31-19-25-12-7-9-15-29(25)37-21-27(34)18-24-10-4-3-5-11-24/h3-15,27,31H,16-21H2,1-2H3/t27-/m0/s1. The zero-order valence-electron chi connectivity index (χ0n) is 21.4. The Kier molecular flexibility index (Phi) is 7.49. The molecule has 2 heterocycles. The second kappa shape index (κ2) is 11.3. The average Bonchev–Trinajstić information content (AvgIpc) is 3.23. The Morgan fingerprint density at radius 2 is 1.70 bits per heavy atom. The van der Waals surface area contributed by atoms with E-state index in [1.165, 1.54) is 5.56 Å². The third-order valence-electron chi connectivity index (χ3n) is 6.81. The lowest BCUT2D eigenvalue weighted by molar-refractivity contribution is -0.135. The maximum Gasteiger partial charge on any atom is 0.225 e. The minimum Gasteiger partial charge on any atom is -0.491 e. The van der Waals surface area contributed by atoms with E-state index in [-0.39, 0.29) is 11.9 Å². The summed E-state index contributed by atoms with van der Waals surface area (Å²) in [7, 11) is 0. The molecule has 5 rings (SSSR count). The quantitative estimate of drug-likeness (QED) is 0.425. The molecule has 1 N–H and O–H groups in total. The number of fused-ring (bicyclic) bond motifs is 2. The topological polar surface area (TPSA) is 72.3 Å². The van der Waals surface area contributed by atoms with Crippen LogP contribution in [0.4, 0.5) is 5.69 Å². The summed E-state index contributed by atoms with van der Waals surface area (Å²) >= 11 is 0. The molecule has 0 radical (unpaired) electrons. The number of benzene rings is 3. The average molecular weight is 496 g/mol. The van der Waals surface area contributed by atoms with Crippen LogP contribution in [0.15, 0.2) is 78.9 Å². The van der Waals surface area contributed by atoms with Gasteiger partial charge in [-0.3, -0.25) is 4.79 Å². The summed E-state index contributed by atoms with van der Waals surface area (Å²) in [6.45, 7) is 5.83. The van der Waals surface area contributed by atoms with Crippen molar-refractivity contribution in [2.45, 2.75) is 52.4 Å². The number of ether oxygens (including phenoxy) is 1. The van der Waals surface area contributed by atoms with Crippen LogP contribution in [0.25, 0.3) is 0 Å². The number of para-hydroxylation sites is 2. The maximum absolute atomic E-state index is 13.9. The van der Waals surface area contributed by atoms with Crippen molar-refractivity contribution in [1.82, 2.24) is 19.7 Å². The highest BCUT2D eigenvalue weighted by molar-refractivity contribution is 5.77. The van der Waals surface area contributed by atoms with E-state index < -0.39 is 0 Å². The number of carbonyl (C=O) groups is 1. The molecule has 190 valence electrons. The fraction of sp³-hybridized carbons (Fsp3) is 0.300. The predicted molar refractivity (Wildman–Crippen MR) is 144 cm³/mol. The van der Waals surface area contributed by atoms with E-state index in [0.717, 1.165) is 28.4 Å². The van der Waals surface area contributed by atoms with E-state index in [0.29, 0.717) is 44.9 Å². The molecule has 0 saturated carbocycles. The highest BCUT2D eigenvalue weighted by Crippen LogP contribution is 2.26. The molecule has 1 aliphatic heterocycles. The first-order chi connectivity index (χ1) is 18.1. The molecule has 7 heteroatoms. The lowest BCUT2D eigenvalue weighted by Gasteiger charge is -2.33. The van der Waals surface area contributed by atoms with Gasteiger partial charge in [0.05, 0.1) is 12.6 Å². The molecule has 1 atom stereocenters. The molecule has 0 saturated heterocycles. The van der Waals surface area contributed by atoms with Crippen LogP contribution in [0.5, 0.6) is 5.75 Å². The number of carbonyl (C=O) groups excluding carboxylic acids is 1. The van der Waals surface area contributed by atoms with Crippen molar-refractivity contribution >= 4 is 11.6 Å². The first kappa shape index (κ1) is 24.6. The van der Waals surface area contributed by atoms with Crippen LogP contribution in [0.3, 0.4) is 0 Å². The van der Waals surface area contributed by atoms with Crippen molar-refractivity contribution in [3.63, 3.8) is 0 Å². The van der Waals surface area contributed by atoms with Crippen molar-refractivity contribution in [2.75, 3.05) is 11.9 Å². The molecule has 0 spiro atoms. The Labute approximate surface area is 218 Å². The van der Waals surface area contributed by atoms with Gasteiger partial charge in [0.2, 0.25) is 5.91 Å². The number of anilines is 1. The SMILES string of the molecule is Cc1nc(C)n(CCC(=O)N2Cc3ccccc3NCc3ccccc3OC[C@@H]2Cc2ccccc2)n1. The Bertz CT molecular complexity index is 1350. The Balaban J connectivity index is 1.49. The second-order valence-electron chi connectivity index (χ2n) is 9.47. The number of amides is 1. The molecule has 0 fully saturated rings. The fourth-order valence-electron chi connectivity index (χ4n) is 4.87. The zero-order chi connectivity index (χ0) is 25.6. The molecule has 37 heavy (non-hydrogen) atoms. The number of hydrogen-bond acceptors (Lipinski definition) is 5. The minimum absolute atomic E-state index is 0.0689. The normalized spacial score (nSPS) is 15.5. The number of hydrogen-bond donors (Lipinski definition) is 1. The van der Waals surface area contributed by atoms with Crippen LogP contribution >= 0.6 is 0 Å². The van der Waals surface area contributed by atoms with Gasteiger partial charge < -0.3 is 15.0 Å². The molecular formula is C30H33N5O2. The zero-order valence-corrected chi connectivity index (χ0v) is 21.4. The van der Waals surface area contributed by atoms with Crippen LogP contribution in [0.1, 0.15) is 34.8 Å². The van der Waals surface area contributed by atoms with E-state index in [9.17, 15) is 4.79 Å². The van der Waals surface area contributed by atoms with Gasteiger partial charge in [-0.05, 0) is 43.5 Å². The highest BCUT2D eigenvalue weighted by atomic mass is 16.5. The van der Waals surface area contributed by atoms with E-state index in [1.807, 2.05) is 72.0 Å². The van der Waals surface area contributed by atoms with Gasteiger partial charge in [0, 0.05) is 30.8 Å². The summed E-state index contributed by atoms with van der Waals surface area (Å²) in [6.07, 6.45) is 1.03. The third kappa shape index (κ3) is 6.00. The monoisotopic (exact) mass is 495 g/mol. The van der Waals surface area contributed by atoms with Crippen molar-refractivity contribution in [1.29, 1.82) is 0 Å². The first-order valence-electron chi connectivity index (χ1n) is 12.8. The Hall–Kier alpha value is -4.13. The van der Waals surface area contributed by atoms with Crippen molar-refractivity contribution in [3.8, 4) is 5.75 Å². The molecule has 1 aromatic heterocycles. The Morgan fingerprint density at radius 1 is 0.973 bits per heavy atom. The summed E-state index contributed by atoms with van der Waals surface area (Å²) in [5.41, 5.74) is 4.37. The molecule has 0 unspecified atom stereocenters. The minimum atomic E-state index is -0.146. The molecule has 0 bridgehead atoms. The van der Waals surface area contributed by atoms with Gasteiger partial charge in [0.15, 0.2) is 0 Å². The molecule has 1 amide bonds. The van der Waals surface area contributed by atoms with Gasteiger partial charge in [0.25, 0.3) is 0 Å². The van der Waals surface area contributed by atoms with E-state index in [4.69, 9.17) is 4.74 Å². The summed E-state index contributed by atoms with van der Waals surface area (Å²) in [4.78, 5) is 20.3. The third-order valence-corrected chi connectivity index (χ3v) is 6.81. The van der Waals surface area contributed by atoms with Crippen molar-refractivity contribution in [3.05, 3.63) is 107 Å². The number of aromatic nitrogens is 3. The number of aryl methyl sites for hydroxylation is 3. The van der Waals surface area contributed by atoms with Crippen LogP contribution in [-0.4, -0.2) is 38.2 Å². The van der Waals surface area contributed by atoms with Gasteiger partial charge in [-0.2, -0.15) is 5.10 Å².